The third-order valence-corrected chi connectivity index (χ3v) is 2.35. The maximum absolute atomic E-state index is 12.9. The zero-order valence-electron chi connectivity index (χ0n) is 7.50. The van der Waals surface area contributed by atoms with Crippen LogP contribution in [0.15, 0.2) is 18.2 Å². The Morgan fingerprint density at radius 2 is 2.27 bits per heavy atom. The first-order chi connectivity index (χ1) is 6.66. The van der Waals surface area contributed by atoms with Gasteiger partial charge in [-0.1, -0.05) is 11.6 Å². The summed E-state index contributed by atoms with van der Waals surface area (Å²) in [5, 5.41) is 2.94. The number of rotatable bonds is 1. The molecule has 1 aliphatic heterocycles. The van der Waals surface area contributed by atoms with Gasteiger partial charge < -0.3 is 10.1 Å². The third-order valence-electron chi connectivity index (χ3n) is 2.01. The number of carbonyl (C=O) groups is 1. The van der Waals surface area contributed by atoms with Crippen LogP contribution in [0.3, 0.4) is 0 Å². The summed E-state index contributed by atoms with van der Waals surface area (Å²) >= 11 is 5.85. The van der Waals surface area contributed by atoms with Crippen molar-refractivity contribution >= 4 is 30.1 Å². The Kier molecular flexibility index (Phi) is 3.77. The van der Waals surface area contributed by atoms with Crippen LogP contribution in [-0.2, 0) is 4.74 Å². The van der Waals surface area contributed by atoms with Crippen molar-refractivity contribution in [3.05, 3.63) is 34.6 Å². The molecule has 1 aromatic carbocycles. The van der Waals surface area contributed by atoms with Gasteiger partial charge in [-0.15, -0.1) is 12.4 Å². The first kappa shape index (κ1) is 12.1. The van der Waals surface area contributed by atoms with E-state index in [9.17, 15) is 9.18 Å². The number of amides is 1. The molecule has 1 aliphatic rings. The van der Waals surface area contributed by atoms with Gasteiger partial charge in [0, 0.05) is 5.02 Å². The van der Waals surface area contributed by atoms with E-state index >= 15 is 0 Å². The van der Waals surface area contributed by atoms with Crippen LogP contribution in [0.5, 0.6) is 0 Å². The number of halogens is 3. The molecule has 0 bridgehead atoms. The van der Waals surface area contributed by atoms with Crippen LogP contribution in [0, 0.1) is 5.82 Å². The molecule has 0 saturated carbocycles. The Labute approximate surface area is 97.0 Å². The standard InChI is InChI=1S/C9H7ClFNO2.ClH/c10-7-2-1-5(11)3-6(7)8-4-14-9(13)12-8;/h1-3,8H,4H2,(H,12,13);1H/t8-;/m1./s1. The highest BCUT2D eigenvalue weighted by Gasteiger charge is 2.25. The van der Waals surface area contributed by atoms with E-state index in [1.165, 1.54) is 18.2 Å². The quantitative estimate of drug-likeness (QED) is 0.834. The van der Waals surface area contributed by atoms with E-state index in [2.05, 4.69) is 10.1 Å². The van der Waals surface area contributed by atoms with Crippen molar-refractivity contribution in [2.75, 3.05) is 6.61 Å². The van der Waals surface area contributed by atoms with Crippen molar-refractivity contribution in [2.24, 2.45) is 0 Å². The molecule has 1 fully saturated rings. The van der Waals surface area contributed by atoms with Crippen LogP contribution in [0.1, 0.15) is 11.6 Å². The van der Waals surface area contributed by atoms with E-state index in [1.807, 2.05) is 0 Å². The van der Waals surface area contributed by atoms with Crippen molar-refractivity contribution in [2.45, 2.75) is 6.04 Å². The molecule has 15 heavy (non-hydrogen) atoms. The molecule has 0 unspecified atom stereocenters. The van der Waals surface area contributed by atoms with E-state index < -0.39 is 6.09 Å². The molecule has 1 N–H and O–H groups in total. The number of cyclic esters (lactones) is 1. The Hall–Kier alpha value is -1.000. The minimum absolute atomic E-state index is 0. The van der Waals surface area contributed by atoms with Crippen LogP contribution in [0.2, 0.25) is 5.02 Å². The molecule has 1 heterocycles. The van der Waals surface area contributed by atoms with Gasteiger partial charge in [0.2, 0.25) is 0 Å². The Bertz CT molecular complexity index is 386. The SMILES string of the molecule is Cl.O=C1N[C@@H](c2cc(F)ccc2Cl)CO1. The molecule has 1 amide bonds. The Balaban J connectivity index is 0.00000112. The fourth-order valence-electron chi connectivity index (χ4n) is 1.33. The summed E-state index contributed by atoms with van der Waals surface area (Å²) in [5.41, 5.74) is 0.539. The predicted octanol–water partition coefficient (Wildman–Crippen LogP) is 2.68. The van der Waals surface area contributed by atoms with Crippen molar-refractivity contribution in [3.8, 4) is 0 Å². The average molecular weight is 252 g/mol. The molecule has 1 saturated heterocycles. The average Bonchev–Trinajstić information content (AvgIpc) is 2.56. The zero-order valence-corrected chi connectivity index (χ0v) is 9.07. The van der Waals surface area contributed by atoms with Gasteiger partial charge in [-0.2, -0.15) is 0 Å². The number of nitrogens with one attached hydrogen (secondary N) is 1. The molecule has 1 atom stereocenters. The van der Waals surface area contributed by atoms with E-state index in [4.69, 9.17) is 11.6 Å². The van der Waals surface area contributed by atoms with Gasteiger partial charge in [0.15, 0.2) is 0 Å². The van der Waals surface area contributed by atoms with Gasteiger partial charge in [-0.05, 0) is 23.8 Å². The first-order valence-electron chi connectivity index (χ1n) is 4.05. The summed E-state index contributed by atoms with van der Waals surface area (Å²) in [5.74, 6) is -0.384. The number of alkyl carbamates (subject to hydrolysis) is 1. The van der Waals surface area contributed by atoms with Gasteiger partial charge in [0.05, 0.1) is 6.04 Å². The number of hydrogen-bond donors (Lipinski definition) is 1. The smallest absolute Gasteiger partial charge is 0.407 e. The van der Waals surface area contributed by atoms with Gasteiger partial charge in [0.25, 0.3) is 0 Å². The molecule has 0 aliphatic carbocycles. The monoisotopic (exact) mass is 251 g/mol. The first-order valence-corrected chi connectivity index (χ1v) is 4.43. The van der Waals surface area contributed by atoms with E-state index in [0.717, 1.165) is 0 Å². The van der Waals surface area contributed by atoms with Crippen molar-refractivity contribution in [1.82, 2.24) is 5.32 Å². The highest BCUT2D eigenvalue weighted by atomic mass is 35.5. The predicted molar refractivity (Wildman–Crippen MR) is 55.9 cm³/mol. The van der Waals surface area contributed by atoms with Crippen LogP contribution in [-0.4, -0.2) is 12.7 Å². The molecule has 6 heteroatoms. The molecule has 2 rings (SSSR count). The molecule has 1 aromatic rings. The molecule has 0 radical (unpaired) electrons. The fourth-order valence-corrected chi connectivity index (χ4v) is 1.58. The van der Waals surface area contributed by atoms with Gasteiger partial charge in [0.1, 0.15) is 12.4 Å². The van der Waals surface area contributed by atoms with Crippen molar-refractivity contribution in [3.63, 3.8) is 0 Å². The molecule has 0 aromatic heterocycles. The number of ether oxygens (including phenoxy) is 1. The van der Waals surface area contributed by atoms with Gasteiger partial charge in [-0.3, -0.25) is 0 Å². The lowest BCUT2D eigenvalue weighted by Gasteiger charge is -2.09. The molecular weight excluding hydrogens is 244 g/mol. The highest BCUT2D eigenvalue weighted by Crippen LogP contribution is 2.26. The fraction of sp³-hybridized carbons (Fsp3) is 0.222. The molecular formula is C9H8Cl2FNO2. The minimum atomic E-state index is -0.504. The van der Waals surface area contributed by atoms with Crippen molar-refractivity contribution in [1.29, 1.82) is 0 Å². The highest BCUT2D eigenvalue weighted by molar-refractivity contribution is 6.31. The van der Waals surface area contributed by atoms with E-state index in [1.54, 1.807) is 0 Å². The van der Waals surface area contributed by atoms with Crippen molar-refractivity contribution < 1.29 is 13.9 Å². The Morgan fingerprint density at radius 1 is 1.53 bits per heavy atom. The lowest BCUT2D eigenvalue weighted by molar-refractivity contribution is 0.177. The van der Waals surface area contributed by atoms with Gasteiger partial charge >= 0.3 is 6.09 Å². The maximum atomic E-state index is 12.9. The lowest BCUT2D eigenvalue weighted by atomic mass is 10.1. The summed E-state index contributed by atoms with van der Waals surface area (Å²) in [7, 11) is 0. The second-order valence-electron chi connectivity index (χ2n) is 2.96. The molecule has 3 nitrogen and oxygen atoms in total. The third kappa shape index (κ3) is 2.52. The van der Waals surface area contributed by atoms with Crippen LogP contribution in [0.4, 0.5) is 9.18 Å². The van der Waals surface area contributed by atoms with Crippen LogP contribution in [0.25, 0.3) is 0 Å². The second-order valence-corrected chi connectivity index (χ2v) is 3.37. The van der Waals surface area contributed by atoms with Gasteiger partial charge in [-0.25, -0.2) is 9.18 Å². The second kappa shape index (κ2) is 4.68. The summed E-state index contributed by atoms with van der Waals surface area (Å²) < 4.78 is 17.6. The van der Waals surface area contributed by atoms with Crippen LogP contribution >= 0.6 is 24.0 Å². The number of carbonyl (C=O) groups excluding carboxylic acids is 1. The minimum Gasteiger partial charge on any atom is -0.447 e. The summed E-state index contributed by atoms with van der Waals surface area (Å²) in [6, 6.07) is 3.66. The summed E-state index contributed by atoms with van der Waals surface area (Å²) in [6.07, 6.45) is -0.504. The zero-order chi connectivity index (χ0) is 10.1. The summed E-state index contributed by atoms with van der Waals surface area (Å²) in [6.45, 7) is 0.183. The number of benzene rings is 1. The largest absolute Gasteiger partial charge is 0.447 e. The normalized spacial score (nSPS) is 19.1. The van der Waals surface area contributed by atoms with E-state index in [0.29, 0.717) is 10.6 Å². The van der Waals surface area contributed by atoms with E-state index in [-0.39, 0.29) is 30.9 Å². The summed E-state index contributed by atoms with van der Waals surface area (Å²) in [4.78, 5) is 10.8. The lowest BCUT2D eigenvalue weighted by Crippen LogP contribution is -2.18. The number of hydrogen-bond acceptors (Lipinski definition) is 2. The molecule has 82 valence electrons. The Morgan fingerprint density at radius 3 is 2.87 bits per heavy atom. The topological polar surface area (TPSA) is 38.3 Å². The van der Waals surface area contributed by atoms with Crippen LogP contribution < -0.4 is 5.32 Å². The maximum Gasteiger partial charge on any atom is 0.407 e. The molecule has 0 spiro atoms.